The molecule has 1 aliphatic rings. The zero-order valence-corrected chi connectivity index (χ0v) is 13.7. The lowest BCUT2D eigenvalue weighted by atomic mass is 9.90. The van der Waals surface area contributed by atoms with Gasteiger partial charge in [0, 0.05) is 20.1 Å². The van der Waals surface area contributed by atoms with Gasteiger partial charge in [0.2, 0.25) is 0 Å². The minimum absolute atomic E-state index is 0.473. The third kappa shape index (κ3) is 3.58. The molecular formula is C16H26ClN3. The lowest BCUT2D eigenvalue weighted by Gasteiger charge is -2.34. The van der Waals surface area contributed by atoms with Gasteiger partial charge in [-0.2, -0.15) is 0 Å². The van der Waals surface area contributed by atoms with Gasteiger partial charge in [0.25, 0.3) is 0 Å². The average Bonchev–Trinajstić information content (AvgIpc) is 2.39. The molecule has 1 aromatic carbocycles. The third-order valence-corrected chi connectivity index (χ3v) is 4.59. The Balaban J connectivity index is 2.08. The number of likely N-dealkylation sites (tertiary alicyclic amines) is 1. The van der Waals surface area contributed by atoms with Gasteiger partial charge in [-0.25, -0.2) is 0 Å². The summed E-state index contributed by atoms with van der Waals surface area (Å²) < 4.78 is 0. The molecule has 0 bridgehead atoms. The standard InChI is InChI=1S/C16H26ClN3/c1-12(13-8-10-20(4)11-9-13)18-15-7-5-6-14(17)16(15)19(2)3/h5-7,12-13,18H,8-11H2,1-4H3. The van der Waals surface area contributed by atoms with E-state index in [0.29, 0.717) is 6.04 Å². The van der Waals surface area contributed by atoms with Gasteiger partial charge in [-0.3, -0.25) is 0 Å². The van der Waals surface area contributed by atoms with Crippen LogP contribution in [0.2, 0.25) is 5.02 Å². The first-order chi connectivity index (χ1) is 9.49. The average molecular weight is 296 g/mol. The van der Waals surface area contributed by atoms with Crippen molar-refractivity contribution in [2.24, 2.45) is 5.92 Å². The van der Waals surface area contributed by atoms with Crippen LogP contribution in [0.5, 0.6) is 0 Å². The maximum atomic E-state index is 6.32. The molecule has 1 N–H and O–H groups in total. The van der Waals surface area contributed by atoms with Crippen molar-refractivity contribution in [1.82, 2.24) is 4.90 Å². The van der Waals surface area contributed by atoms with Crippen LogP contribution in [0.1, 0.15) is 19.8 Å². The van der Waals surface area contributed by atoms with Crippen LogP contribution in [0.4, 0.5) is 11.4 Å². The van der Waals surface area contributed by atoms with Gasteiger partial charge in [0.1, 0.15) is 0 Å². The Morgan fingerprint density at radius 2 is 1.95 bits per heavy atom. The number of nitrogens with one attached hydrogen (secondary N) is 1. The maximum absolute atomic E-state index is 6.32. The molecule has 0 saturated carbocycles. The van der Waals surface area contributed by atoms with E-state index >= 15 is 0 Å². The predicted octanol–water partition coefficient (Wildman–Crippen LogP) is 3.55. The highest BCUT2D eigenvalue weighted by Gasteiger charge is 2.23. The van der Waals surface area contributed by atoms with Crippen molar-refractivity contribution in [2.45, 2.75) is 25.8 Å². The van der Waals surface area contributed by atoms with E-state index in [1.165, 1.54) is 25.9 Å². The van der Waals surface area contributed by atoms with E-state index in [0.717, 1.165) is 22.3 Å². The quantitative estimate of drug-likeness (QED) is 0.916. The van der Waals surface area contributed by atoms with Gasteiger partial charge >= 0.3 is 0 Å². The molecule has 112 valence electrons. The number of anilines is 2. The molecule has 1 atom stereocenters. The molecule has 0 spiro atoms. The minimum Gasteiger partial charge on any atom is -0.381 e. The summed E-state index contributed by atoms with van der Waals surface area (Å²) in [6.45, 7) is 4.69. The van der Waals surface area contributed by atoms with Crippen molar-refractivity contribution < 1.29 is 0 Å². The molecule has 20 heavy (non-hydrogen) atoms. The third-order valence-electron chi connectivity index (χ3n) is 4.29. The fraction of sp³-hybridized carbons (Fsp3) is 0.625. The first-order valence-corrected chi connectivity index (χ1v) is 7.77. The second-order valence-corrected chi connectivity index (χ2v) is 6.51. The number of rotatable bonds is 4. The second-order valence-electron chi connectivity index (χ2n) is 6.10. The highest BCUT2D eigenvalue weighted by molar-refractivity contribution is 6.34. The van der Waals surface area contributed by atoms with Crippen LogP contribution in [0.3, 0.4) is 0 Å². The largest absolute Gasteiger partial charge is 0.381 e. The molecule has 0 aliphatic carbocycles. The van der Waals surface area contributed by atoms with Gasteiger partial charge in [-0.15, -0.1) is 0 Å². The summed E-state index contributed by atoms with van der Waals surface area (Å²) in [4.78, 5) is 4.49. The smallest absolute Gasteiger partial charge is 0.0786 e. The topological polar surface area (TPSA) is 18.5 Å². The van der Waals surface area contributed by atoms with Gasteiger partial charge in [-0.1, -0.05) is 17.7 Å². The molecule has 3 nitrogen and oxygen atoms in total. The molecule has 0 radical (unpaired) electrons. The van der Waals surface area contributed by atoms with Gasteiger partial charge in [-0.05, 0) is 58.0 Å². The molecule has 1 unspecified atom stereocenters. The highest BCUT2D eigenvalue weighted by Crippen LogP contribution is 2.34. The maximum Gasteiger partial charge on any atom is 0.0786 e. The second kappa shape index (κ2) is 6.68. The summed E-state index contributed by atoms with van der Waals surface area (Å²) in [7, 11) is 6.27. The number of hydrogen-bond donors (Lipinski definition) is 1. The molecule has 1 aromatic rings. The van der Waals surface area contributed by atoms with Gasteiger partial charge < -0.3 is 15.1 Å². The summed E-state index contributed by atoms with van der Waals surface area (Å²) in [5, 5.41) is 4.47. The number of hydrogen-bond acceptors (Lipinski definition) is 3. The van der Waals surface area contributed by atoms with Crippen molar-refractivity contribution in [3.8, 4) is 0 Å². The molecule has 2 rings (SSSR count). The first kappa shape index (κ1) is 15.5. The zero-order chi connectivity index (χ0) is 14.7. The number of benzene rings is 1. The van der Waals surface area contributed by atoms with E-state index in [-0.39, 0.29) is 0 Å². The van der Waals surface area contributed by atoms with Crippen molar-refractivity contribution in [3.05, 3.63) is 23.2 Å². The molecule has 4 heteroatoms. The number of para-hydroxylation sites is 1. The van der Waals surface area contributed by atoms with E-state index in [1.807, 2.05) is 26.2 Å². The summed E-state index contributed by atoms with van der Waals surface area (Å²) in [5.41, 5.74) is 2.21. The molecular weight excluding hydrogens is 270 g/mol. The van der Waals surface area contributed by atoms with Gasteiger partial charge in [0.05, 0.1) is 16.4 Å². The lowest BCUT2D eigenvalue weighted by molar-refractivity contribution is 0.208. The molecule has 1 fully saturated rings. The first-order valence-electron chi connectivity index (χ1n) is 7.40. The molecule has 0 aromatic heterocycles. The van der Waals surface area contributed by atoms with Crippen molar-refractivity contribution >= 4 is 23.0 Å². The number of piperidine rings is 1. The van der Waals surface area contributed by atoms with Crippen molar-refractivity contribution in [3.63, 3.8) is 0 Å². The van der Waals surface area contributed by atoms with Crippen molar-refractivity contribution in [1.29, 1.82) is 0 Å². The predicted molar refractivity (Wildman–Crippen MR) is 89.1 cm³/mol. The van der Waals surface area contributed by atoms with Crippen LogP contribution in [0.15, 0.2) is 18.2 Å². The number of halogens is 1. The Bertz CT molecular complexity index is 439. The Hall–Kier alpha value is -0.930. The molecule has 1 heterocycles. The lowest BCUT2D eigenvalue weighted by Crippen LogP contribution is -2.37. The fourth-order valence-electron chi connectivity index (χ4n) is 2.98. The fourth-order valence-corrected chi connectivity index (χ4v) is 3.32. The van der Waals surface area contributed by atoms with E-state index in [9.17, 15) is 0 Å². The monoisotopic (exact) mass is 295 g/mol. The number of nitrogens with zero attached hydrogens (tertiary/aromatic N) is 2. The SMILES string of the molecule is CC(Nc1cccc(Cl)c1N(C)C)C1CCN(C)CC1. The zero-order valence-electron chi connectivity index (χ0n) is 13.0. The minimum atomic E-state index is 0.473. The van der Waals surface area contributed by atoms with Crippen LogP contribution in [0.25, 0.3) is 0 Å². The summed E-state index contributed by atoms with van der Waals surface area (Å²) in [6, 6.07) is 6.55. The van der Waals surface area contributed by atoms with Crippen LogP contribution < -0.4 is 10.2 Å². The van der Waals surface area contributed by atoms with E-state index in [4.69, 9.17) is 11.6 Å². The van der Waals surface area contributed by atoms with Crippen LogP contribution in [-0.2, 0) is 0 Å². The van der Waals surface area contributed by atoms with E-state index < -0.39 is 0 Å². The normalized spacial score (nSPS) is 18.9. The van der Waals surface area contributed by atoms with Crippen LogP contribution >= 0.6 is 11.6 Å². The van der Waals surface area contributed by atoms with Crippen LogP contribution in [-0.4, -0.2) is 45.2 Å². The van der Waals surface area contributed by atoms with Gasteiger partial charge in [0.15, 0.2) is 0 Å². The summed E-state index contributed by atoms with van der Waals surface area (Å²) >= 11 is 6.32. The Labute approximate surface area is 127 Å². The Kier molecular flexibility index (Phi) is 5.17. The summed E-state index contributed by atoms with van der Waals surface area (Å²) in [5.74, 6) is 0.736. The molecule has 1 saturated heterocycles. The Morgan fingerprint density at radius 3 is 2.55 bits per heavy atom. The van der Waals surface area contributed by atoms with E-state index in [1.54, 1.807) is 0 Å². The molecule has 1 aliphatic heterocycles. The van der Waals surface area contributed by atoms with Crippen molar-refractivity contribution in [2.75, 3.05) is 44.4 Å². The summed E-state index contributed by atoms with van der Waals surface area (Å²) in [6.07, 6.45) is 2.53. The Morgan fingerprint density at radius 1 is 1.30 bits per heavy atom. The van der Waals surface area contributed by atoms with E-state index in [2.05, 4.69) is 35.2 Å². The molecule has 0 amide bonds. The van der Waals surface area contributed by atoms with Crippen LogP contribution in [0, 0.1) is 5.92 Å². The highest BCUT2D eigenvalue weighted by atomic mass is 35.5.